The Morgan fingerprint density at radius 1 is 1.10 bits per heavy atom. The number of benzene rings is 1. The van der Waals surface area contributed by atoms with Crippen molar-refractivity contribution in [3.63, 3.8) is 0 Å². The molecule has 0 unspecified atom stereocenters. The van der Waals surface area contributed by atoms with Crippen molar-refractivity contribution in [2.45, 2.75) is 34.2 Å². The summed E-state index contributed by atoms with van der Waals surface area (Å²) < 4.78 is 7.15. The van der Waals surface area contributed by atoms with Gasteiger partial charge < -0.3 is 4.52 Å². The molecule has 0 spiro atoms. The molecule has 0 aliphatic carbocycles. The summed E-state index contributed by atoms with van der Waals surface area (Å²) in [5, 5.41) is 8.52. The summed E-state index contributed by atoms with van der Waals surface area (Å²) >= 11 is 0. The monoisotopic (exact) mass is 282 g/mol. The maximum Gasteiger partial charge on any atom is 0.158 e. The minimum Gasteiger partial charge on any atom is -0.361 e. The van der Waals surface area contributed by atoms with E-state index in [-0.39, 0.29) is 0 Å². The van der Waals surface area contributed by atoms with Crippen LogP contribution < -0.4 is 0 Å². The van der Waals surface area contributed by atoms with Gasteiger partial charge in [-0.05, 0) is 33.3 Å². The van der Waals surface area contributed by atoms with Gasteiger partial charge in [0.25, 0.3) is 0 Å². The summed E-state index contributed by atoms with van der Waals surface area (Å²) in [7, 11) is 0. The van der Waals surface area contributed by atoms with Crippen LogP contribution in [0.2, 0.25) is 0 Å². The quantitative estimate of drug-likeness (QED) is 0.740. The van der Waals surface area contributed by atoms with Gasteiger partial charge in [-0.2, -0.15) is 5.10 Å². The lowest BCUT2D eigenvalue weighted by Gasteiger charge is -2.08. The Labute approximate surface area is 123 Å². The number of hydrogen-bond acceptors (Lipinski definition) is 4. The average Bonchev–Trinajstić information content (AvgIpc) is 2.97. The molecule has 21 heavy (non-hydrogen) atoms. The molecule has 0 aliphatic heterocycles. The van der Waals surface area contributed by atoms with E-state index in [1.807, 2.05) is 37.6 Å². The first-order chi connectivity index (χ1) is 10.1. The molecule has 0 N–H and O–H groups in total. The van der Waals surface area contributed by atoms with Gasteiger partial charge in [-0.15, -0.1) is 0 Å². The molecule has 0 saturated carbocycles. The highest BCUT2D eigenvalue weighted by Crippen LogP contribution is 2.23. The van der Waals surface area contributed by atoms with Crippen LogP contribution in [0.4, 0.5) is 0 Å². The number of hydrogen-bond donors (Lipinski definition) is 0. The summed E-state index contributed by atoms with van der Waals surface area (Å²) in [5.41, 5.74) is 4.25. The van der Waals surface area contributed by atoms with E-state index in [4.69, 9.17) is 4.52 Å². The molecule has 5 nitrogen and oxygen atoms in total. The predicted octanol–water partition coefficient (Wildman–Crippen LogP) is 3.22. The van der Waals surface area contributed by atoms with Crippen LogP contribution in [0, 0.1) is 27.7 Å². The highest BCUT2D eigenvalue weighted by Gasteiger charge is 2.16. The summed E-state index contributed by atoms with van der Waals surface area (Å²) in [5.74, 6) is 2.47. The highest BCUT2D eigenvalue weighted by atomic mass is 16.5. The summed E-state index contributed by atoms with van der Waals surface area (Å²) in [6.07, 6.45) is 0. The minimum absolute atomic E-state index is 0.617. The molecule has 5 heteroatoms. The predicted molar refractivity (Wildman–Crippen MR) is 80.0 cm³/mol. The van der Waals surface area contributed by atoms with Gasteiger partial charge in [-0.3, -0.25) is 0 Å². The van der Waals surface area contributed by atoms with Gasteiger partial charge in [0, 0.05) is 11.1 Å². The Balaban J connectivity index is 2.07. The van der Waals surface area contributed by atoms with Crippen molar-refractivity contribution in [1.29, 1.82) is 0 Å². The molecule has 0 saturated heterocycles. The minimum atomic E-state index is 0.617. The van der Waals surface area contributed by atoms with Crippen molar-refractivity contribution in [2.75, 3.05) is 0 Å². The fourth-order valence-electron chi connectivity index (χ4n) is 2.47. The van der Waals surface area contributed by atoms with Crippen LogP contribution in [0.3, 0.4) is 0 Å². The number of rotatable bonds is 3. The zero-order valence-electron chi connectivity index (χ0n) is 12.7. The summed E-state index contributed by atoms with van der Waals surface area (Å²) in [6, 6.07) is 8.20. The van der Waals surface area contributed by atoms with Gasteiger partial charge in [-0.1, -0.05) is 29.4 Å². The van der Waals surface area contributed by atoms with Gasteiger partial charge in [-0.25, -0.2) is 9.67 Å². The highest BCUT2D eigenvalue weighted by molar-refractivity contribution is 5.60. The smallest absolute Gasteiger partial charge is 0.158 e. The van der Waals surface area contributed by atoms with E-state index in [0.717, 1.165) is 34.2 Å². The van der Waals surface area contributed by atoms with Crippen molar-refractivity contribution in [2.24, 2.45) is 0 Å². The number of aryl methyl sites for hydroxylation is 4. The fourth-order valence-corrected chi connectivity index (χ4v) is 2.47. The third-order valence-corrected chi connectivity index (χ3v) is 3.65. The van der Waals surface area contributed by atoms with Crippen LogP contribution in [0.5, 0.6) is 0 Å². The van der Waals surface area contributed by atoms with Gasteiger partial charge in [0.1, 0.15) is 11.6 Å². The van der Waals surface area contributed by atoms with E-state index < -0.39 is 0 Å². The van der Waals surface area contributed by atoms with E-state index in [1.54, 1.807) is 0 Å². The molecule has 0 radical (unpaired) electrons. The van der Waals surface area contributed by atoms with Crippen molar-refractivity contribution in [1.82, 2.24) is 19.9 Å². The molecule has 3 rings (SSSR count). The molecule has 1 aromatic carbocycles. The van der Waals surface area contributed by atoms with E-state index in [1.165, 1.54) is 5.56 Å². The Morgan fingerprint density at radius 3 is 2.52 bits per heavy atom. The zero-order valence-corrected chi connectivity index (χ0v) is 12.7. The molecule has 0 amide bonds. The second-order valence-corrected chi connectivity index (χ2v) is 5.26. The molecule has 2 aromatic heterocycles. The van der Waals surface area contributed by atoms with Gasteiger partial charge in [0.05, 0.1) is 12.2 Å². The number of aromatic nitrogens is 4. The molecule has 0 bridgehead atoms. The molecule has 0 atom stereocenters. The van der Waals surface area contributed by atoms with E-state index >= 15 is 0 Å². The first kappa shape index (κ1) is 13.5. The standard InChI is InChI=1S/C16H18N4O/c1-10-7-5-6-8-14(10)16-17-13(4)18-20(16)9-15-11(2)19-21-12(15)3/h5-8H,9H2,1-4H3. The lowest BCUT2D eigenvalue weighted by Crippen LogP contribution is -2.06. The van der Waals surface area contributed by atoms with Crippen LogP contribution in [0.1, 0.15) is 28.4 Å². The summed E-state index contributed by atoms with van der Waals surface area (Å²) in [6.45, 7) is 8.48. The topological polar surface area (TPSA) is 56.7 Å². The Kier molecular flexibility index (Phi) is 3.33. The largest absolute Gasteiger partial charge is 0.361 e. The first-order valence-electron chi connectivity index (χ1n) is 6.95. The lowest BCUT2D eigenvalue weighted by molar-refractivity contribution is 0.391. The lowest BCUT2D eigenvalue weighted by atomic mass is 10.1. The Hall–Kier alpha value is -2.43. The second kappa shape index (κ2) is 5.16. The molecule has 0 aliphatic rings. The third-order valence-electron chi connectivity index (χ3n) is 3.65. The fraction of sp³-hybridized carbons (Fsp3) is 0.312. The van der Waals surface area contributed by atoms with E-state index in [9.17, 15) is 0 Å². The Bertz CT molecular complexity index is 766. The van der Waals surface area contributed by atoms with E-state index in [2.05, 4.69) is 34.3 Å². The molecular formula is C16H18N4O. The normalized spacial score (nSPS) is 11.0. The van der Waals surface area contributed by atoms with Crippen molar-refractivity contribution < 1.29 is 4.52 Å². The molecule has 3 aromatic rings. The molecule has 108 valence electrons. The van der Waals surface area contributed by atoms with Gasteiger partial charge in [0.15, 0.2) is 5.82 Å². The maximum absolute atomic E-state index is 5.23. The SMILES string of the molecule is Cc1nc(-c2ccccc2C)n(Cc2c(C)noc2C)n1. The van der Waals surface area contributed by atoms with Crippen LogP contribution in [-0.2, 0) is 6.54 Å². The van der Waals surface area contributed by atoms with Crippen molar-refractivity contribution in [3.8, 4) is 11.4 Å². The van der Waals surface area contributed by atoms with Gasteiger partial charge in [0.2, 0.25) is 0 Å². The summed E-state index contributed by atoms with van der Waals surface area (Å²) in [4.78, 5) is 4.58. The first-order valence-corrected chi connectivity index (χ1v) is 6.95. The maximum atomic E-state index is 5.23. The van der Waals surface area contributed by atoms with Crippen LogP contribution in [0.15, 0.2) is 28.8 Å². The Morgan fingerprint density at radius 2 is 1.86 bits per heavy atom. The van der Waals surface area contributed by atoms with Crippen LogP contribution in [0.25, 0.3) is 11.4 Å². The molecular weight excluding hydrogens is 264 g/mol. The number of nitrogens with zero attached hydrogens (tertiary/aromatic N) is 4. The van der Waals surface area contributed by atoms with Crippen LogP contribution in [-0.4, -0.2) is 19.9 Å². The van der Waals surface area contributed by atoms with Gasteiger partial charge >= 0.3 is 0 Å². The molecule has 2 heterocycles. The zero-order chi connectivity index (χ0) is 15.0. The van der Waals surface area contributed by atoms with Crippen LogP contribution >= 0.6 is 0 Å². The molecule has 0 fully saturated rings. The van der Waals surface area contributed by atoms with Crippen molar-refractivity contribution in [3.05, 3.63) is 52.7 Å². The third kappa shape index (κ3) is 2.46. The average molecular weight is 282 g/mol. The van der Waals surface area contributed by atoms with E-state index in [0.29, 0.717) is 6.54 Å². The second-order valence-electron chi connectivity index (χ2n) is 5.26. The van der Waals surface area contributed by atoms with Crippen molar-refractivity contribution >= 4 is 0 Å².